The molecule has 0 saturated carbocycles. The normalized spacial score (nSPS) is 9.44. The number of nitrogens with one attached hydrogen (secondary N) is 2. The van der Waals surface area contributed by atoms with Crippen LogP contribution in [0.2, 0.25) is 0 Å². The lowest BCUT2D eigenvalue weighted by Crippen LogP contribution is -2.26. The highest BCUT2D eigenvalue weighted by Crippen LogP contribution is 2.12. The van der Waals surface area contributed by atoms with Gasteiger partial charge in [0.25, 0.3) is 0 Å². The van der Waals surface area contributed by atoms with E-state index < -0.39 is 0 Å². The molecule has 1 aromatic carbocycles. The molecule has 0 aliphatic rings. The molecule has 0 bridgehead atoms. The van der Waals surface area contributed by atoms with Crippen LogP contribution in [-0.2, 0) is 11.3 Å². The summed E-state index contributed by atoms with van der Waals surface area (Å²) in [6.45, 7) is 3.85. The summed E-state index contributed by atoms with van der Waals surface area (Å²) < 4.78 is 5.40. The molecule has 2 N–H and O–H groups in total. The Morgan fingerprint density at radius 2 is 2.17 bits per heavy atom. The van der Waals surface area contributed by atoms with Crippen LogP contribution in [0.4, 0.5) is 0 Å². The number of carbonyl (C=O) groups is 1. The van der Waals surface area contributed by atoms with Gasteiger partial charge in [0, 0.05) is 19.5 Å². The van der Waals surface area contributed by atoms with E-state index in [-0.39, 0.29) is 18.3 Å². The van der Waals surface area contributed by atoms with E-state index in [2.05, 4.69) is 10.6 Å². The molecule has 1 aromatic rings. The number of halogens is 1. The van der Waals surface area contributed by atoms with E-state index >= 15 is 0 Å². The molecule has 102 valence electrons. The van der Waals surface area contributed by atoms with Crippen LogP contribution in [0.3, 0.4) is 0 Å². The van der Waals surface area contributed by atoms with Crippen molar-refractivity contribution in [3.8, 4) is 5.75 Å². The van der Waals surface area contributed by atoms with Crippen LogP contribution in [0.25, 0.3) is 0 Å². The van der Waals surface area contributed by atoms with Gasteiger partial charge in [-0.2, -0.15) is 0 Å². The molecule has 18 heavy (non-hydrogen) atoms. The van der Waals surface area contributed by atoms with Gasteiger partial charge in [-0.1, -0.05) is 12.1 Å². The second-order valence-corrected chi connectivity index (χ2v) is 3.71. The number of rotatable bonds is 7. The lowest BCUT2D eigenvalue weighted by Gasteiger charge is -2.07. The zero-order valence-electron chi connectivity index (χ0n) is 10.9. The minimum Gasteiger partial charge on any atom is -0.494 e. The van der Waals surface area contributed by atoms with Crippen molar-refractivity contribution in [2.75, 3.05) is 20.2 Å². The Morgan fingerprint density at radius 3 is 2.83 bits per heavy atom. The lowest BCUT2D eigenvalue weighted by atomic mass is 10.2. The Hall–Kier alpha value is -1.26. The summed E-state index contributed by atoms with van der Waals surface area (Å²) >= 11 is 0. The third-order valence-corrected chi connectivity index (χ3v) is 2.30. The number of carbonyl (C=O) groups excluding carboxylic acids is 1. The number of hydrogen-bond acceptors (Lipinski definition) is 3. The zero-order chi connectivity index (χ0) is 12.5. The molecule has 0 fully saturated rings. The fourth-order valence-electron chi connectivity index (χ4n) is 1.44. The summed E-state index contributed by atoms with van der Waals surface area (Å²) in [7, 11) is 1.83. The summed E-state index contributed by atoms with van der Waals surface area (Å²) in [5, 5.41) is 5.81. The molecule has 0 aliphatic carbocycles. The molecule has 0 atom stereocenters. The second-order valence-electron chi connectivity index (χ2n) is 3.71. The van der Waals surface area contributed by atoms with Crippen molar-refractivity contribution in [1.82, 2.24) is 10.6 Å². The van der Waals surface area contributed by atoms with Gasteiger partial charge in [-0.15, -0.1) is 12.4 Å². The summed E-state index contributed by atoms with van der Waals surface area (Å²) in [4.78, 5) is 11.4. The first-order valence-electron chi connectivity index (χ1n) is 5.89. The van der Waals surface area contributed by atoms with Crippen molar-refractivity contribution in [3.63, 3.8) is 0 Å². The molecular formula is C13H21ClN2O2. The van der Waals surface area contributed by atoms with Crippen LogP contribution in [0.1, 0.15) is 18.9 Å². The van der Waals surface area contributed by atoms with E-state index in [0.29, 0.717) is 26.1 Å². The first-order chi connectivity index (χ1) is 8.26. The molecule has 0 aromatic heterocycles. The maximum Gasteiger partial charge on any atom is 0.221 e. The van der Waals surface area contributed by atoms with Crippen LogP contribution < -0.4 is 15.4 Å². The largest absolute Gasteiger partial charge is 0.494 e. The monoisotopic (exact) mass is 272 g/mol. The van der Waals surface area contributed by atoms with Gasteiger partial charge in [-0.05, 0) is 31.7 Å². The Labute approximate surface area is 115 Å². The summed E-state index contributed by atoms with van der Waals surface area (Å²) in [5.41, 5.74) is 1.05. The molecule has 0 saturated heterocycles. The highest BCUT2D eigenvalue weighted by molar-refractivity contribution is 5.85. The standard InChI is InChI=1S/C13H20N2O2.ClH/c1-3-17-12-6-4-5-11(9-12)10-15-13(16)7-8-14-2;/h4-6,9,14H,3,7-8,10H2,1-2H3,(H,15,16);1H. The van der Waals surface area contributed by atoms with Gasteiger partial charge >= 0.3 is 0 Å². The molecule has 0 radical (unpaired) electrons. The second kappa shape index (κ2) is 9.74. The van der Waals surface area contributed by atoms with E-state index in [4.69, 9.17) is 4.74 Å². The third-order valence-electron chi connectivity index (χ3n) is 2.30. The molecule has 0 unspecified atom stereocenters. The summed E-state index contributed by atoms with van der Waals surface area (Å²) in [6, 6.07) is 7.76. The number of amides is 1. The van der Waals surface area contributed by atoms with Gasteiger partial charge in [0.05, 0.1) is 6.61 Å². The highest BCUT2D eigenvalue weighted by atomic mass is 35.5. The van der Waals surface area contributed by atoms with Crippen LogP contribution in [0.15, 0.2) is 24.3 Å². The van der Waals surface area contributed by atoms with E-state index in [1.807, 2.05) is 38.2 Å². The molecular weight excluding hydrogens is 252 g/mol. The average molecular weight is 273 g/mol. The average Bonchev–Trinajstić information content (AvgIpc) is 2.35. The zero-order valence-corrected chi connectivity index (χ0v) is 11.7. The van der Waals surface area contributed by atoms with Crippen molar-refractivity contribution in [3.05, 3.63) is 29.8 Å². The van der Waals surface area contributed by atoms with E-state index in [0.717, 1.165) is 11.3 Å². The van der Waals surface area contributed by atoms with Crippen LogP contribution in [0, 0.1) is 0 Å². The molecule has 0 spiro atoms. The van der Waals surface area contributed by atoms with E-state index in [1.54, 1.807) is 0 Å². The van der Waals surface area contributed by atoms with Crippen molar-refractivity contribution >= 4 is 18.3 Å². The first-order valence-corrected chi connectivity index (χ1v) is 5.89. The first kappa shape index (κ1) is 16.7. The fraction of sp³-hybridized carbons (Fsp3) is 0.462. The SMILES string of the molecule is CCOc1cccc(CNC(=O)CCNC)c1.Cl. The van der Waals surface area contributed by atoms with Gasteiger partial charge < -0.3 is 15.4 Å². The van der Waals surface area contributed by atoms with Crippen LogP contribution in [0.5, 0.6) is 5.75 Å². The third kappa shape index (κ3) is 6.47. The van der Waals surface area contributed by atoms with Gasteiger partial charge in [0.2, 0.25) is 5.91 Å². The summed E-state index contributed by atoms with van der Waals surface area (Å²) in [5.74, 6) is 0.899. The Kier molecular flexibility index (Phi) is 9.06. The fourth-order valence-corrected chi connectivity index (χ4v) is 1.44. The Bertz CT molecular complexity index is 359. The van der Waals surface area contributed by atoms with Crippen LogP contribution >= 0.6 is 12.4 Å². The smallest absolute Gasteiger partial charge is 0.221 e. The van der Waals surface area contributed by atoms with E-state index in [9.17, 15) is 4.79 Å². The van der Waals surface area contributed by atoms with Gasteiger partial charge in [0.15, 0.2) is 0 Å². The number of ether oxygens (including phenoxy) is 1. The molecule has 5 heteroatoms. The van der Waals surface area contributed by atoms with Crippen molar-refractivity contribution in [1.29, 1.82) is 0 Å². The Morgan fingerprint density at radius 1 is 1.39 bits per heavy atom. The Balaban J connectivity index is 0.00000289. The van der Waals surface area contributed by atoms with Crippen molar-refractivity contribution in [2.45, 2.75) is 19.9 Å². The number of hydrogen-bond donors (Lipinski definition) is 2. The quantitative estimate of drug-likeness (QED) is 0.795. The topological polar surface area (TPSA) is 50.4 Å². The summed E-state index contributed by atoms with van der Waals surface area (Å²) in [6.07, 6.45) is 0.502. The van der Waals surface area contributed by atoms with Gasteiger partial charge in [-0.3, -0.25) is 4.79 Å². The maximum absolute atomic E-state index is 11.4. The van der Waals surface area contributed by atoms with Gasteiger partial charge in [-0.25, -0.2) is 0 Å². The minimum absolute atomic E-state index is 0. The van der Waals surface area contributed by atoms with Crippen LogP contribution in [-0.4, -0.2) is 26.1 Å². The maximum atomic E-state index is 11.4. The predicted molar refractivity (Wildman–Crippen MR) is 75.2 cm³/mol. The number of benzene rings is 1. The lowest BCUT2D eigenvalue weighted by molar-refractivity contribution is -0.121. The molecule has 0 aliphatic heterocycles. The van der Waals surface area contributed by atoms with Crippen molar-refractivity contribution < 1.29 is 9.53 Å². The predicted octanol–water partition coefficient (Wildman–Crippen LogP) is 1.73. The van der Waals surface area contributed by atoms with Gasteiger partial charge in [0.1, 0.15) is 5.75 Å². The minimum atomic E-state index is 0. The van der Waals surface area contributed by atoms with E-state index in [1.165, 1.54) is 0 Å². The molecule has 0 heterocycles. The highest BCUT2D eigenvalue weighted by Gasteiger charge is 2.01. The molecule has 4 nitrogen and oxygen atoms in total. The molecule has 1 amide bonds. The van der Waals surface area contributed by atoms with Crippen molar-refractivity contribution in [2.24, 2.45) is 0 Å². The molecule has 1 rings (SSSR count).